The van der Waals surface area contributed by atoms with Gasteiger partial charge >= 0.3 is 19.8 Å². The molecule has 11 heteroatoms. The van der Waals surface area contributed by atoms with Crippen LogP contribution in [0.4, 0.5) is 0 Å². The van der Waals surface area contributed by atoms with Crippen LogP contribution in [0.1, 0.15) is 168 Å². The van der Waals surface area contributed by atoms with Crippen molar-refractivity contribution >= 4 is 19.8 Å². The second kappa shape index (κ2) is 34.9. The Labute approximate surface area is 298 Å². The zero-order chi connectivity index (χ0) is 36.3. The van der Waals surface area contributed by atoms with Crippen LogP contribution in [0.25, 0.3) is 0 Å². The third-order valence-electron chi connectivity index (χ3n) is 8.11. The Hall–Kier alpha value is -1.55. The van der Waals surface area contributed by atoms with Crippen LogP contribution in [0.2, 0.25) is 0 Å². The molecule has 0 aliphatic heterocycles. The summed E-state index contributed by atoms with van der Waals surface area (Å²) in [4.78, 5) is 34.7. The predicted octanol–water partition coefficient (Wildman–Crippen LogP) is 9.44. The minimum absolute atomic E-state index is 0.177. The summed E-state index contributed by atoms with van der Waals surface area (Å²) in [5.74, 6) is -0.935. The number of esters is 2. The van der Waals surface area contributed by atoms with Crippen molar-refractivity contribution in [3.63, 3.8) is 0 Å². The summed E-state index contributed by atoms with van der Waals surface area (Å²) in [6.07, 6.45) is 31.5. The summed E-state index contributed by atoms with van der Waals surface area (Å²) in [7, 11) is -4.61. The number of carbonyl (C=O) groups is 2. The molecular formula is C38H71O10P. The molecule has 3 atom stereocenters. The maximum atomic E-state index is 12.5. The topological polar surface area (TPSA) is 149 Å². The Kier molecular flexibility index (Phi) is 33.8. The third kappa shape index (κ3) is 34.7. The van der Waals surface area contributed by atoms with Crippen LogP contribution in [0, 0.1) is 0 Å². The largest absolute Gasteiger partial charge is 0.472 e. The maximum absolute atomic E-state index is 12.5. The van der Waals surface area contributed by atoms with Gasteiger partial charge in [-0.2, -0.15) is 0 Å². The van der Waals surface area contributed by atoms with Gasteiger partial charge < -0.3 is 24.6 Å². The van der Waals surface area contributed by atoms with E-state index in [0.29, 0.717) is 12.8 Å². The van der Waals surface area contributed by atoms with Crippen molar-refractivity contribution in [3.8, 4) is 0 Å². The highest BCUT2D eigenvalue weighted by molar-refractivity contribution is 7.47. The van der Waals surface area contributed by atoms with Crippen LogP contribution in [-0.4, -0.2) is 65.7 Å². The molecule has 0 aliphatic carbocycles. The number of phosphoric acid groups is 1. The summed E-state index contributed by atoms with van der Waals surface area (Å²) in [5.41, 5.74) is 0. The monoisotopic (exact) mass is 718 g/mol. The van der Waals surface area contributed by atoms with Crippen LogP contribution < -0.4 is 0 Å². The van der Waals surface area contributed by atoms with Crippen LogP contribution >= 0.6 is 7.82 Å². The van der Waals surface area contributed by atoms with E-state index in [1.807, 2.05) is 0 Å². The lowest BCUT2D eigenvalue weighted by atomic mass is 10.1. The Morgan fingerprint density at radius 2 is 1.06 bits per heavy atom. The number of ether oxygens (including phenoxy) is 2. The average Bonchev–Trinajstić information content (AvgIpc) is 3.09. The Bertz CT molecular complexity index is 879. The summed E-state index contributed by atoms with van der Waals surface area (Å²) in [5, 5.41) is 18.3. The molecule has 10 nitrogen and oxygen atoms in total. The van der Waals surface area contributed by atoms with Gasteiger partial charge in [0.15, 0.2) is 6.10 Å². The van der Waals surface area contributed by atoms with Crippen molar-refractivity contribution in [2.24, 2.45) is 0 Å². The summed E-state index contributed by atoms with van der Waals surface area (Å²) in [6, 6.07) is 0. The number of aliphatic hydroxyl groups is 2. The zero-order valence-corrected chi connectivity index (χ0v) is 31.8. The lowest BCUT2D eigenvalue weighted by molar-refractivity contribution is -0.161. The number of unbranched alkanes of at least 4 members (excludes halogenated alkanes) is 18. The smallest absolute Gasteiger partial charge is 0.462 e. The SMILES string of the molecule is CCCCC/C=C\C/C=C\CCCCCCCCCC(=O)O[C@H](COC(=O)CCCCCCCCCCC)COP(=O)(O)OC[C@@H](O)CO. The molecule has 0 rings (SSSR count). The van der Waals surface area contributed by atoms with E-state index >= 15 is 0 Å². The van der Waals surface area contributed by atoms with Gasteiger partial charge in [0.05, 0.1) is 19.8 Å². The molecule has 0 heterocycles. The fourth-order valence-corrected chi connectivity index (χ4v) is 5.87. The van der Waals surface area contributed by atoms with Gasteiger partial charge in [-0.15, -0.1) is 0 Å². The Balaban J connectivity index is 4.33. The Morgan fingerprint density at radius 1 is 0.612 bits per heavy atom. The van der Waals surface area contributed by atoms with E-state index < -0.39 is 51.8 Å². The van der Waals surface area contributed by atoms with E-state index in [4.69, 9.17) is 19.1 Å². The van der Waals surface area contributed by atoms with Gasteiger partial charge in [0, 0.05) is 12.8 Å². The van der Waals surface area contributed by atoms with Crippen molar-refractivity contribution in [1.82, 2.24) is 0 Å². The maximum Gasteiger partial charge on any atom is 0.472 e. The number of rotatable bonds is 36. The highest BCUT2D eigenvalue weighted by Crippen LogP contribution is 2.43. The van der Waals surface area contributed by atoms with Gasteiger partial charge in [0.1, 0.15) is 12.7 Å². The molecule has 0 aromatic heterocycles. The van der Waals surface area contributed by atoms with E-state index in [9.17, 15) is 24.2 Å². The van der Waals surface area contributed by atoms with Crippen LogP contribution in [-0.2, 0) is 32.7 Å². The minimum atomic E-state index is -4.61. The molecule has 0 aromatic carbocycles. The first-order chi connectivity index (χ1) is 23.7. The molecule has 0 aromatic rings. The van der Waals surface area contributed by atoms with Crippen LogP contribution in [0.15, 0.2) is 24.3 Å². The van der Waals surface area contributed by atoms with Crippen molar-refractivity contribution < 1.29 is 47.8 Å². The lowest BCUT2D eigenvalue weighted by Crippen LogP contribution is -2.29. The van der Waals surface area contributed by atoms with Gasteiger partial charge in [-0.25, -0.2) is 4.57 Å². The van der Waals surface area contributed by atoms with Crippen molar-refractivity contribution in [3.05, 3.63) is 24.3 Å². The molecule has 1 unspecified atom stereocenters. The van der Waals surface area contributed by atoms with Gasteiger partial charge in [0.2, 0.25) is 0 Å². The summed E-state index contributed by atoms with van der Waals surface area (Å²) in [6.45, 7) is 2.31. The molecule has 0 saturated heterocycles. The summed E-state index contributed by atoms with van der Waals surface area (Å²) >= 11 is 0. The highest BCUT2D eigenvalue weighted by Gasteiger charge is 2.27. The van der Waals surface area contributed by atoms with E-state index in [-0.39, 0.29) is 19.4 Å². The van der Waals surface area contributed by atoms with Crippen LogP contribution in [0.3, 0.4) is 0 Å². The molecule has 0 fully saturated rings. The fourth-order valence-electron chi connectivity index (χ4n) is 5.08. The molecule has 0 aliphatic rings. The van der Waals surface area contributed by atoms with E-state index in [1.165, 1.54) is 70.6 Å². The number of phosphoric ester groups is 1. The second-order valence-corrected chi connectivity index (χ2v) is 14.4. The summed E-state index contributed by atoms with van der Waals surface area (Å²) < 4.78 is 32.5. The zero-order valence-electron chi connectivity index (χ0n) is 30.9. The standard InChI is InChI=1S/C38H71O10P/c1-3-5-7-9-11-13-14-15-16-17-18-19-20-22-24-26-28-30-38(42)48-36(34-47-49(43,44)46-32-35(40)31-39)33-45-37(41)29-27-25-23-21-12-10-8-6-4-2/h11,13,15-16,35-36,39-40H,3-10,12,14,17-34H2,1-2H3,(H,43,44)/b13-11-,16-15-/t35-,36+/m0/s1. The fraction of sp³-hybridized carbons (Fsp3) is 0.842. The molecule has 288 valence electrons. The average molecular weight is 719 g/mol. The first-order valence-electron chi connectivity index (χ1n) is 19.3. The van der Waals surface area contributed by atoms with E-state index in [0.717, 1.165) is 57.8 Å². The molecule has 0 bridgehead atoms. The van der Waals surface area contributed by atoms with Gasteiger partial charge in [0.25, 0.3) is 0 Å². The van der Waals surface area contributed by atoms with Gasteiger partial charge in [-0.05, 0) is 44.9 Å². The molecule has 3 N–H and O–H groups in total. The van der Waals surface area contributed by atoms with Crippen LogP contribution in [0.5, 0.6) is 0 Å². The van der Waals surface area contributed by atoms with Crippen molar-refractivity contribution in [2.45, 2.75) is 180 Å². The molecule has 0 saturated carbocycles. The first kappa shape index (κ1) is 47.4. The first-order valence-corrected chi connectivity index (χ1v) is 20.8. The number of aliphatic hydroxyl groups excluding tert-OH is 2. The number of hydrogen-bond acceptors (Lipinski definition) is 9. The molecular weight excluding hydrogens is 647 g/mol. The quantitative estimate of drug-likeness (QED) is 0.0248. The van der Waals surface area contributed by atoms with E-state index in [1.54, 1.807) is 0 Å². The third-order valence-corrected chi connectivity index (χ3v) is 9.06. The number of allylic oxidation sites excluding steroid dienone is 4. The molecule has 49 heavy (non-hydrogen) atoms. The van der Waals surface area contributed by atoms with Gasteiger partial charge in [-0.1, -0.05) is 134 Å². The second-order valence-electron chi connectivity index (χ2n) is 13.0. The van der Waals surface area contributed by atoms with Crippen molar-refractivity contribution in [2.75, 3.05) is 26.4 Å². The van der Waals surface area contributed by atoms with E-state index in [2.05, 4.69) is 42.7 Å². The number of hydrogen-bond donors (Lipinski definition) is 3. The van der Waals surface area contributed by atoms with Crippen molar-refractivity contribution in [1.29, 1.82) is 0 Å². The number of carbonyl (C=O) groups excluding carboxylic acids is 2. The lowest BCUT2D eigenvalue weighted by Gasteiger charge is -2.20. The molecule has 0 spiro atoms. The molecule has 0 radical (unpaired) electrons. The molecule has 0 amide bonds. The minimum Gasteiger partial charge on any atom is -0.462 e. The Morgan fingerprint density at radius 3 is 1.61 bits per heavy atom. The predicted molar refractivity (Wildman–Crippen MR) is 196 cm³/mol. The highest BCUT2D eigenvalue weighted by atomic mass is 31.2. The van der Waals surface area contributed by atoms with Gasteiger partial charge in [-0.3, -0.25) is 18.6 Å². The normalized spacial score (nSPS) is 14.3.